The van der Waals surface area contributed by atoms with Crippen LogP contribution in [0.1, 0.15) is 30.4 Å². The van der Waals surface area contributed by atoms with Crippen LogP contribution in [0.4, 0.5) is 11.4 Å². The Balaban J connectivity index is 1.22. The van der Waals surface area contributed by atoms with Crippen molar-refractivity contribution in [3.8, 4) is 0 Å². The van der Waals surface area contributed by atoms with Gasteiger partial charge in [0.15, 0.2) is 0 Å². The molecule has 0 unspecified atom stereocenters. The lowest BCUT2D eigenvalue weighted by Gasteiger charge is -2.25. The van der Waals surface area contributed by atoms with Crippen molar-refractivity contribution >= 4 is 28.9 Å². The van der Waals surface area contributed by atoms with Crippen molar-refractivity contribution in [1.29, 1.82) is 0 Å². The smallest absolute Gasteiger partial charge is 0.268 e. The van der Waals surface area contributed by atoms with E-state index in [1.165, 1.54) is 23.5 Å². The van der Waals surface area contributed by atoms with Crippen molar-refractivity contribution in [2.45, 2.75) is 44.4 Å². The van der Waals surface area contributed by atoms with Gasteiger partial charge in [-0.15, -0.1) is 0 Å². The molecule has 1 saturated heterocycles. The predicted molar refractivity (Wildman–Crippen MR) is 154 cm³/mol. The van der Waals surface area contributed by atoms with E-state index in [9.17, 15) is 14.7 Å². The Morgan fingerprint density at radius 1 is 0.897 bits per heavy atom. The zero-order valence-electron chi connectivity index (χ0n) is 22.0. The SMILES string of the molecule is O=C(N[C@@H](Cc1ccccc1)[C@H](O)CNCc1cccc(N2CCCC2)c1)C1=NN(c2ccccc2)C(=O)C1. The average Bonchev–Trinajstić information content (AvgIpc) is 3.64. The molecule has 0 radical (unpaired) electrons. The molecule has 2 atom stereocenters. The van der Waals surface area contributed by atoms with E-state index >= 15 is 0 Å². The summed E-state index contributed by atoms with van der Waals surface area (Å²) in [4.78, 5) is 28.1. The quantitative estimate of drug-likeness (QED) is 0.357. The van der Waals surface area contributed by atoms with E-state index in [4.69, 9.17) is 0 Å². The van der Waals surface area contributed by atoms with Crippen molar-refractivity contribution in [1.82, 2.24) is 10.6 Å². The van der Waals surface area contributed by atoms with Crippen molar-refractivity contribution in [2.24, 2.45) is 5.10 Å². The molecule has 2 aliphatic heterocycles. The van der Waals surface area contributed by atoms with Gasteiger partial charge < -0.3 is 20.6 Å². The molecular weight excluding hydrogens is 490 g/mol. The Morgan fingerprint density at radius 2 is 1.56 bits per heavy atom. The topological polar surface area (TPSA) is 97.3 Å². The molecule has 1 fully saturated rings. The third-order valence-corrected chi connectivity index (χ3v) is 7.18. The first-order chi connectivity index (χ1) is 19.1. The molecule has 8 heteroatoms. The number of rotatable bonds is 11. The van der Waals surface area contributed by atoms with Crippen LogP contribution in [0.15, 0.2) is 90.0 Å². The van der Waals surface area contributed by atoms with Gasteiger partial charge in [0.05, 0.1) is 24.3 Å². The molecule has 3 aromatic rings. The highest BCUT2D eigenvalue weighted by atomic mass is 16.3. The summed E-state index contributed by atoms with van der Waals surface area (Å²) in [6.45, 7) is 3.10. The molecule has 0 spiro atoms. The highest BCUT2D eigenvalue weighted by molar-refractivity contribution is 6.44. The van der Waals surface area contributed by atoms with Crippen LogP contribution in [-0.4, -0.2) is 54.4 Å². The molecule has 5 rings (SSSR count). The predicted octanol–water partition coefficient (Wildman–Crippen LogP) is 3.26. The first kappa shape index (κ1) is 26.6. The minimum absolute atomic E-state index is 0.0828. The van der Waals surface area contributed by atoms with Gasteiger partial charge in [0.2, 0.25) is 0 Å². The lowest BCUT2D eigenvalue weighted by molar-refractivity contribution is -0.118. The molecule has 2 amide bonds. The van der Waals surface area contributed by atoms with Crippen molar-refractivity contribution < 1.29 is 14.7 Å². The number of amides is 2. The van der Waals surface area contributed by atoms with Crippen LogP contribution < -0.4 is 20.5 Å². The van der Waals surface area contributed by atoms with Gasteiger partial charge in [-0.2, -0.15) is 10.1 Å². The number of hydrogen-bond donors (Lipinski definition) is 3. The molecule has 202 valence electrons. The molecule has 3 aromatic carbocycles. The number of hydrogen-bond acceptors (Lipinski definition) is 6. The molecule has 0 saturated carbocycles. The molecule has 39 heavy (non-hydrogen) atoms. The number of carbonyl (C=O) groups is 2. The van der Waals surface area contributed by atoms with Gasteiger partial charge in [-0.1, -0.05) is 60.7 Å². The van der Waals surface area contributed by atoms with Crippen molar-refractivity contribution in [2.75, 3.05) is 29.5 Å². The van der Waals surface area contributed by atoms with Gasteiger partial charge in [0, 0.05) is 31.9 Å². The Bertz CT molecular complexity index is 1290. The van der Waals surface area contributed by atoms with Gasteiger partial charge in [-0.05, 0) is 54.7 Å². The van der Waals surface area contributed by atoms with E-state index < -0.39 is 18.1 Å². The van der Waals surface area contributed by atoms with Crippen LogP contribution in [0.3, 0.4) is 0 Å². The maximum absolute atomic E-state index is 13.2. The summed E-state index contributed by atoms with van der Waals surface area (Å²) < 4.78 is 0. The fraction of sp³-hybridized carbons (Fsp3) is 0.323. The summed E-state index contributed by atoms with van der Waals surface area (Å²) in [6, 6.07) is 26.7. The van der Waals surface area contributed by atoms with E-state index in [1.807, 2.05) is 48.5 Å². The van der Waals surface area contributed by atoms with Gasteiger partial charge in [0.1, 0.15) is 5.71 Å². The van der Waals surface area contributed by atoms with E-state index in [0.717, 1.165) is 24.2 Å². The fourth-order valence-corrected chi connectivity index (χ4v) is 5.07. The second kappa shape index (κ2) is 12.7. The van der Waals surface area contributed by atoms with E-state index in [0.29, 0.717) is 25.2 Å². The van der Waals surface area contributed by atoms with Gasteiger partial charge in [-0.25, -0.2) is 0 Å². The number of aliphatic hydroxyl groups is 1. The molecule has 8 nitrogen and oxygen atoms in total. The molecule has 2 heterocycles. The van der Waals surface area contributed by atoms with Gasteiger partial charge >= 0.3 is 0 Å². The number of anilines is 2. The second-order valence-corrected chi connectivity index (χ2v) is 10.1. The van der Waals surface area contributed by atoms with Crippen LogP contribution in [0, 0.1) is 0 Å². The highest BCUT2D eigenvalue weighted by Gasteiger charge is 2.31. The highest BCUT2D eigenvalue weighted by Crippen LogP contribution is 2.22. The lowest BCUT2D eigenvalue weighted by atomic mass is 10.0. The zero-order chi connectivity index (χ0) is 27.0. The Labute approximate surface area is 229 Å². The summed E-state index contributed by atoms with van der Waals surface area (Å²) in [6.07, 6.45) is 1.98. The first-order valence-electron chi connectivity index (χ1n) is 13.6. The zero-order valence-corrected chi connectivity index (χ0v) is 22.0. The number of benzene rings is 3. The Kier molecular flexibility index (Phi) is 8.65. The van der Waals surface area contributed by atoms with E-state index in [1.54, 1.807) is 12.1 Å². The standard InChI is InChI=1S/C31H35N5O3/c37-29(22-32-21-24-12-9-15-26(18-24)35-16-7-8-17-35)27(19-23-10-3-1-4-11-23)33-31(39)28-20-30(38)36(34-28)25-13-5-2-6-14-25/h1-6,9-15,18,27,29,32,37H,7-8,16-17,19-22H2,(H,33,39)/t27-,29+/m0/s1. The number of carbonyl (C=O) groups excluding carboxylic acids is 2. The lowest BCUT2D eigenvalue weighted by Crippen LogP contribution is -2.50. The van der Waals surface area contributed by atoms with E-state index in [-0.39, 0.29) is 18.0 Å². The number of nitrogens with zero attached hydrogens (tertiary/aromatic N) is 3. The van der Waals surface area contributed by atoms with Crippen LogP contribution >= 0.6 is 0 Å². The third-order valence-electron chi connectivity index (χ3n) is 7.18. The molecule has 0 bridgehead atoms. The summed E-state index contributed by atoms with van der Waals surface area (Å²) >= 11 is 0. The van der Waals surface area contributed by atoms with Crippen molar-refractivity contribution in [3.05, 3.63) is 96.1 Å². The van der Waals surface area contributed by atoms with E-state index in [2.05, 4.69) is 44.9 Å². The maximum Gasteiger partial charge on any atom is 0.268 e. The fourth-order valence-electron chi connectivity index (χ4n) is 5.07. The molecule has 3 N–H and O–H groups in total. The Morgan fingerprint density at radius 3 is 2.31 bits per heavy atom. The summed E-state index contributed by atoms with van der Waals surface area (Å²) in [5.74, 6) is -0.704. The number of nitrogens with one attached hydrogen (secondary N) is 2. The first-order valence-corrected chi connectivity index (χ1v) is 13.6. The van der Waals surface area contributed by atoms with Crippen molar-refractivity contribution in [3.63, 3.8) is 0 Å². The maximum atomic E-state index is 13.2. The summed E-state index contributed by atoms with van der Waals surface area (Å²) in [5.41, 5.74) is 4.13. The third kappa shape index (κ3) is 6.90. The van der Waals surface area contributed by atoms with Crippen LogP contribution in [0.25, 0.3) is 0 Å². The second-order valence-electron chi connectivity index (χ2n) is 10.1. The Hall–Kier alpha value is -4.01. The van der Waals surface area contributed by atoms with Crippen LogP contribution in [0.5, 0.6) is 0 Å². The number of aliphatic hydroxyl groups excluding tert-OH is 1. The van der Waals surface area contributed by atoms with Gasteiger partial charge in [-0.3, -0.25) is 9.59 Å². The van der Waals surface area contributed by atoms with Crippen LogP contribution in [0.2, 0.25) is 0 Å². The molecule has 0 aromatic heterocycles. The monoisotopic (exact) mass is 525 g/mol. The largest absolute Gasteiger partial charge is 0.390 e. The minimum atomic E-state index is -0.848. The average molecular weight is 526 g/mol. The minimum Gasteiger partial charge on any atom is -0.390 e. The van der Waals surface area contributed by atoms with Gasteiger partial charge in [0.25, 0.3) is 11.8 Å². The normalized spacial score (nSPS) is 16.7. The van der Waals surface area contributed by atoms with Crippen LogP contribution in [-0.2, 0) is 22.6 Å². The summed E-state index contributed by atoms with van der Waals surface area (Å²) in [5, 5.41) is 23.0. The summed E-state index contributed by atoms with van der Waals surface area (Å²) in [7, 11) is 0. The molecular formula is C31H35N5O3. The number of hydrazone groups is 1. The number of para-hydroxylation sites is 1. The molecule has 2 aliphatic rings. The molecule has 0 aliphatic carbocycles.